The lowest BCUT2D eigenvalue weighted by Gasteiger charge is -2.60. The lowest BCUT2D eigenvalue weighted by Crippen LogP contribution is -2.60. The summed E-state index contributed by atoms with van der Waals surface area (Å²) in [4.78, 5) is 17.7. The molecule has 2 heterocycles. The molecule has 4 fully saturated rings. The van der Waals surface area contributed by atoms with E-state index in [2.05, 4.69) is 15.4 Å². The van der Waals surface area contributed by atoms with Crippen molar-refractivity contribution in [1.29, 1.82) is 0 Å². The molecule has 0 aliphatic heterocycles. The van der Waals surface area contributed by atoms with Crippen molar-refractivity contribution in [1.82, 2.24) is 14.8 Å². The van der Waals surface area contributed by atoms with Crippen LogP contribution in [0.15, 0.2) is 41.3 Å². The Bertz CT molecular complexity index is 1050. The Kier molecular flexibility index (Phi) is 3.19. The number of fused-ring (bicyclic) bond motifs is 1. The highest BCUT2D eigenvalue weighted by atomic mass is 16.3. The third kappa shape index (κ3) is 2.30. The molecule has 0 spiro atoms. The minimum absolute atomic E-state index is 0.0381. The van der Waals surface area contributed by atoms with E-state index in [1.807, 2.05) is 42.2 Å². The van der Waals surface area contributed by atoms with Crippen LogP contribution in [0.25, 0.3) is 11.0 Å². The van der Waals surface area contributed by atoms with Crippen molar-refractivity contribution in [3.63, 3.8) is 0 Å². The van der Waals surface area contributed by atoms with Crippen LogP contribution in [0, 0.1) is 24.2 Å². The molecule has 6 heteroatoms. The van der Waals surface area contributed by atoms with E-state index in [9.17, 15) is 4.79 Å². The van der Waals surface area contributed by atoms with E-state index >= 15 is 0 Å². The van der Waals surface area contributed by atoms with Gasteiger partial charge >= 0.3 is 0 Å². The summed E-state index contributed by atoms with van der Waals surface area (Å²) in [6.07, 6.45) is 9.84. The van der Waals surface area contributed by atoms with Crippen molar-refractivity contribution >= 4 is 22.6 Å². The highest BCUT2D eigenvalue weighted by molar-refractivity contribution is 5.97. The maximum atomic E-state index is 13.5. The number of benzene rings is 1. The number of anilines is 1. The normalized spacial score (nSPS) is 33.5. The van der Waals surface area contributed by atoms with Gasteiger partial charge in [-0.15, -0.1) is 0 Å². The molecule has 4 saturated carbocycles. The van der Waals surface area contributed by atoms with Crippen LogP contribution in [0.1, 0.15) is 44.3 Å². The largest absolute Gasteiger partial charge is 0.461 e. The van der Waals surface area contributed by atoms with E-state index in [-0.39, 0.29) is 16.9 Å². The van der Waals surface area contributed by atoms with E-state index in [4.69, 9.17) is 4.42 Å². The summed E-state index contributed by atoms with van der Waals surface area (Å²) < 4.78 is 7.70. The molecule has 1 amide bonds. The molecular weight excluding hydrogens is 352 g/mol. The summed E-state index contributed by atoms with van der Waals surface area (Å²) in [5.41, 5.74) is 1.38. The Morgan fingerprint density at radius 3 is 2.79 bits per heavy atom. The van der Waals surface area contributed by atoms with Gasteiger partial charge in [0.25, 0.3) is 0 Å². The first-order chi connectivity index (χ1) is 13.5. The van der Waals surface area contributed by atoms with Gasteiger partial charge in [0, 0.05) is 11.1 Å². The lowest BCUT2D eigenvalue weighted by molar-refractivity contribution is -0.150. The molecule has 4 bridgehead atoms. The summed E-state index contributed by atoms with van der Waals surface area (Å²) in [7, 11) is 0. The summed E-state index contributed by atoms with van der Waals surface area (Å²) in [5.74, 6) is 2.27. The molecule has 1 aromatic carbocycles. The number of aromatic nitrogens is 3. The number of rotatable bonds is 3. The van der Waals surface area contributed by atoms with Crippen LogP contribution < -0.4 is 5.32 Å². The van der Waals surface area contributed by atoms with E-state index in [0.29, 0.717) is 11.8 Å². The van der Waals surface area contributed by atoms with E-state index in [1.165, 1.54) is 6.42 Å². The Balaban J connectivity index is 1.32. The summed E-state index contributed by atoms with van der Waals surface area (Å²) in [6.45, 7) is 1.94. The Morgan fingerprint density at radius 2 is 2.04 bits per heavy atom. The number of carbonyl (C=O) groups is 1. The zero-order chi connectivity index (χ0) is 18.9. The Labute approximate surface area is 163 Å². The molecule has 144 valence electrons. The van der Waals surface area contributed by atoms with Gasteiger partial charge in [0.1, 0.15) is 24.0 Å². The van der Waals surface area contributed by atoms with Gasteiger partial charge in [-0.05, 0) is 81.5 Å². The Morgan fingerprint density at radius 1 is 1.21 bits per heavy atom. The first-order valence-electron chi connectivity index (χ1n) is 10.2. The molecule has 4 aliphatic carbocycles. The molecule has 0 saturated heterocycles. The number of aryl methyl sites for hydroxylation is 1. The number of carbonyl (C=O) groups excluding carboxylic acids is 1. The van der Waals surface area contributed by atoms with Crippen LogP contribution >= 0.6 is 0 Å². The van der Waals surface area contributed by atoms with Crippen molar-refractivity contribution < 1.29 is 9.21 Å². The molecule has 28 heavy (non-hydrogen) atoms. The Hall–Kier alpha value is -2.63. The smallest absolute Gasteiger partial charge is 0.230 e. The van der Waals surface area contributed by atoms with Crippen LogP contribution in [0.2, 0.25) is 0 Å². The molecule has 1 N–H and O–H groups in total. The molecule has 6 nitrogen and oxygen atoms in total. The van der Waals surface area contributed by atoms with Crippen molar-refractivity contribution in [2.45, 2.75) is 51.0 Å². The maximum Gasteiger partial charge on any atom is 0.230 e. The van der Waals surface area contributed by atoms with E-state index < -0.39 is 0 Å². The molecular formula is C22H24N4O2. The average molecular weight is 376 g/mol. The fourth-order valence-corrected chi connectivity index (χ4v) is 6.72. The van der Waals surface area contributed by atoms with Gasteiger partial charge in [0.05, 0.1) is 11.0 Å². The van der Waals surface area contributed by atoms with Crippen molar-refractivity contribution in [3.05, 3.63) is 42.7 Å². The SMILES string of the molecule is Cc1cc2cc(NC(=O)C34CC5CC(C3)CC(n3cncn3)(C5)C4)ccc2o1. The zero-order valence-corrected chi connectivity index (χ0v) is 16.0. The number of hydrogen-bond donors (Lipinski definition) is 1. The number of hydrogen-bond acceptors (Lipinski definition) is 4. The summed E-state index contributed by atoms with van der Waals surface area (Å²) in [5, 5.41) is 8.75. The van der Waals surface area contributed by atoms with E-state index in [0.717, 1.165) is 54.5 Å². The number of furan rings is 1. The minimum atomic E-state index is -0.294. The molecule has 3 aromatic rings. The topological polar surface area (TPSA) is 73.0 Å². The first kappa shape index (κ1) is 16.3. The van der Waals surface area contributed by atoms with Gasteiger partial charge in [-0.25, -0.2) is 9.67 Å². The fraction of sp³-hybridized carbons (Fsp3) is 0.500. The number of nitrogens with one attached hydrogen (secondary N) is 1. The van der Waals surface area contributed by atoms with Crippen LogP contribution in [-0.4, -0.2) is 20.7 Å². The molecule has 2 atom stereocenters. The van der Waals surface area contributed by atoms with Gasteiger partial charge in [0.2, 0.25) is 5.91 Å². The van der Waals surface area contributed by atoms with E-state index in [1.54, 1.807) is 6.33 Å². The summed E-state index contributed by atoms with van der Waals surface area (Å²) in [6, 6.07) is 7.90. The predicted molar refractivity (Wildman–Crippen MR) is 105 cm³/mol. The van der Waals surface area contributed by atoms with Gasteiger partial charge in [-0.1, -0.05) is 0 Å². The third-order valence-electron chi connectivity index (χ3n) is 7.31. The number of amides is 1. The van der Waals surface area contributed by atoms with Crippen LogP contribution in [0.5, 0.6) is 0 Å². The first-order valence-corrected chi connectivity index (χ1v) is 10.2. The second-order valence-electron chi connectivity index (χ2n) is 9.37. The predicted octanol–water partition coefficient (Wildman–Crippen LogP) is 4.27. The van der Waals surface area contributed by atoms with Crippen LogP contribution in [0.4, 0.5) is 5.69 Å². The van der Waals surface area contributed by atoms with Crippen LogP contribution in [-0.2, 0) is 10.3 Å². The van der Waals surface area contributed by atoms with Gasteiger partial charge in [-0.3, -0.25) is 4.79 Å². The zero-order valence-electron chi connectivity index (χ0n) is 16.0. The monoisotopic (exact) mass is 376 g/mol. The molecule has 7 rings (SSSR count). The molecule has 2 aromatic heterocycles. The lowest BCUT2D eigenvalue weighted by atomic mass is 9.46. The van der Waals surface area contributed by atoms with Crippen molar-refractivity contribution in [2.24, 2.45) is 17.3 Å². The summed E-state index contributed by atoms with van der Waals surface area (Å²) >= 11 is 0. The van der Waals surface area contributed by atoms with Gasteiger partial charge in [0.15, 0.2) is 0 Å². The van der Waals surface area contributed by atoms with Gasteiger partial charge in [-0.2, -0.15) is 5.10 Å². The molecule has 0 radical (unpaired) electrons. The highest BCUT2D eigenvalue weighted by Gasteiger charge is 2.61. The van der Waals surface area contributed by atoms with Crippen molar-refractivity contribution in [3.8, 4) is 0 Å². The van der Waals surface area contributed by atoms with Crippen molar-refractivity contribution in [2.75, 3.05) is 5.32 Å². The third-order valence-corrected chi connectivity index (χ3v) is 7.31. The maximum absolute atomic E-state index is 13.5. The van der Waals surface area contributed by atoms with Crippen LogP contribution in [0.3, 0.4) is 0 Å². The minimum Gasteiger partial charge on any atom is -0.461 e. The standard InChI is InChI=1S/C22H24N4O2/c1-14-4-17-6-18(2-3-19(17)28-14)25-20(27)21-7-15-5-16(8-21)10-22(9-15,11-21)26-13-23-12-24-26/h2-4,6,12-13,15-16H,5,7-11H2,1H3,(H,25,27). The second kappa shape index (κ2) is 5.46. The number of nitrogens with zero attached hydrogens (tertiary/aromatic N) is 3. The molecule has 2 unspecified atom stereocenters. The molecule has 4 aliphatic rings. The second-order valence-corrected chi connectivity index (χ2v) is 9.37. The highest BCUT2D eigenvalue weighted by Crippen LogP contribution is 2.64. The average Bonchev–Trinajstić information content (AvgIpc) is 3.29. The fourth-order valence-electron chi connectivity index (χ4n) is 6.72. The van der Waals surface area contributed by atoms with Gasteiger partial charge < -0.3 is 9.73 Å². The quantitative estimate of drug-likeness (QED) is 0.741.